The molecule has 2 atom stereocenters. The second-order valence-electron chi connectivity index (χ2n) is 5.40. The molecule has 0 aromatic heterocycles. The fraction of sp³-hybridized carbons (Fsp3) is 1.00. The van der Waals surface area contributed by atoms with Crippen LogP contribution in [0.1, 0.15) is 46.5 Å². The van der Waals surface area contributed by atoms with Gasteiger partial charge < -0.3 is 5.32 Å². The van der Waals surface area contributed by atoms with Crippen molar-refractivity contribution in [1.82, 2.24) is 5.32 Å². The summed E-state index contributed by atoms with van der Waals surface area (Å²) in [7, 11) is 0. The zero-order valence-corrected chi connectivity index (χ0v) is 9.22. The largest absolute Gasteiger partial charge is 0.311 e. The van der Waals surface area contributed by atoms with Gasteiger partial charge in [-0.2, -0.15) is 0 Å². The fourth-order valence-electron chi connectivity index (χ4n) is 2.36. The standard InChI is InChI=1S/C12H23N/c1-8(2)12(11-6-7-11)13-9(3)10-4-5-10/h8-13H,4-7H2,1-3H3. The van der Waals surface area contributed by atoms with Crippen LogP contribution in [0.2, 0.25) is 0 Å². The van der Waals surface area contributed by atoms with Crippen LogP contribution in [0.15, 0.2) is 0 Å². The molecule has 1 nitrogen and oxygen atoms in total. The molecule has 0 spiro atoms. The molecule has 0 aromatic rings. The maximum Gasteiger partial charge on any atom is 0.0121 e. The Hall–Kier alpha value is -0.0400. The van der Waals surface area contributed by atoms with Crippen LogP contribution in [0.3, 0.4) is 0 Å². The molecule has 76 valence electrons. The van der Waals surface area contributed by atoms with Gasteiger partial charge in [-0.15, -0.1) is 0 Å². The van der Waals surface area contributed by atoms with Crippen LogP contribution < -0.4 is 5.32 Å². The Morgan fingerprint density at radius 1 is 0.923 bits per heavy atom. The summed E-state index contributed by atoms with van der Waals surface area (Å²) in [5, 5.41) is 3.84. The van der Waals surface area contributed by atoms with E-state index >= 15 is 0 Å². The number of hydrogen-bond donors (Lipinski definition) is 1. The Labute approximate surface area is 82.3 Å². The molecule has 2 rings (SSSR count). The average molecular weight is 181 g/mol. The van der Waals surface area contributed by atoms with E-state index in [1.54, 1.807) is 0 Å². The van der Waals surface area contributed by atoms with Crippen LogP contribution in [-0.2, 0) is 0 Å². The van der Waals surface area contributed by atoms with Gasteiger partial charge in [0.2, 0.25) is 0 Å². The van der Waals surface area contributed by atoms with Crippen molar-refractivity contribution in [3.8, 4) is 0 Å². The molecule has 0 amide bonds. The zero-order chi connectivity index (χ0) is 9.42. The molecule has 0 aliphatic heterocycles. The summed E-state index contributed by atoms with van der Waals surface area (Å²) in [5.41, 5.74) is 0. The predicted octanol–water partition coefficient (Wildman–Crippen LogP) is 2.81. The molecular weight excluding hydrogens is 158 g/mol. The van der Waals surface area contributed by atoms with Gasteiger partial charge in [-0.25, -0.2) is 0 Å². The molecule has 2 fully saturated rings. The number of rotatable bonds is 5. The highest BCUT2D eigenvalue weighted by molar-refractivity contribution is 4.92. The summed E-state index contributed by atoms with van der Waals surface area (Å²) in [5.74, 6) is 2.81. The third-order valence-electron chi connectivity index (χ3n) is 3.63. The Kier molecular flexibility index (Phi) is 2.64. The lowest BCUT2D eigenvalue weighted by Crippen LogP contribution is -2.42. The summed E-state index contributed by atoms with van der Waals surface area (Å²) in [4.78, 5) is 0. The lowest BCUT2D eigenvalue weighted by molar-refractivity contribution is 0.314. The van der Waals surface area contributed by atoms with E-state index in [0.717, 1.165) is 29.8 Å². The summed E-state index contributed by atoms with van der Waals surface area (Å²) < 4.78 is 0. The van der Waals surface area contributed by atoms with Crippen molar-refractivity contribution in [1.29, 1.82) is 0 Å². The molecule has 1 N–H and O–H groups in total. The minimum atomic E-state index is 0.771. The van der Waals surface area contributed by atoms with Crippen LogP contribution in [0.4, 0.5) is 0 Å². The normalized spacial score (nSPS) is 27.7. The quantitative estimate of drug-likeness (QED) is 0.687. The molecule has 0 heterocycles. The van der Waals surface area contributed by atoms with Gasteiger partial charge in [0, 0.05) is 12.1 Å². The van der Waals surface area contributed by atoms with Crippen LogP contribution in [0.25, 0.3) is 0 Å². The van der Waals surface area contributed by atoms with E-state index < -0.39 is 0 Å². The number of nitrogens with one attached hydrogen (secondary N) is 1. The summed E-state index contributed by atoms with van der Waals surface area (Å²) in [6, 6.07) is 1.57. The lowest BCUT2D eigenvalue weighted by Gasteiger charge is -2.26. The molecule has 13 heavy (non-hydrogen) atoms. The first-order valence-electron chi connectivity index (χ1n) is 5.94. The van der Waals surface area contributed by atoms with Gasteiger partial charge in [-0.3, -0.25) is 0 Å². The molecule has 0 radical (unpaired) electrons. The average Bonchev–Trinajstić information content (AvgIpc) is 2.85. The molecule has 2 aliphatic rings. The second kappa shape index (κ2) is 3.61. The Balaban J connectivity index is 1.80. The van der Waals surface area contributed by atoms with Crippen molar-refractivity contribution < 1.29 is 0 Å². The van der Waals surface area contributed by atoms with E-state index in [2.05, 4.69) is 26.1 Å². The van der Waals surface area contributed by atoms with Gasteiger partial charge in [-0.1, -0.05) is 13.8 Å². The fourth-order valence-corrected chi connectivity index (χ4v) is 2.36. The minimum Gasteiger partial charge on any atom is -0.311 e. The van der Waals surface area contributed by atoms with Crippen molar-refractivity contribution in [2.75, 3.05) is 0 Å². The molecule has 2 aliphatic carbocycles. The summed E-state index contributed by atoms with van der Waals surface area (Å²) in [6.07, 6.45) is 5.85. The molecule has 2 saturated carbocycles. The maximum atomic E-state index is 3.84. The highest BCUT2D eigenvalue weighted by Gasteiger charge is 2.36. The zero-order valence-electron chi connectivity index (χ0n) is 9.22. The van der Waals surface area contributed by atoms with Gasteiger partial charge in [0.15, 0.2) is 0 Å². The van der Waals surface area contributed by atoms with Gasteiger partial charge in [0.05, 0.1) is 0 Å². The predicted molar refractivity (Wildman–Crippen MR) is 56.7 cm³/mol. The van der Waals surface area contributed by atoms with Gasteiger partial charge in [-0.05, 0) is 50.4 Å². The summed E-state index contributed by atoms with van der Waals surface area (Å²) >= 11 is 0. The molecule has 2 unspecified atom stereocenters. The third kappa shape index (κ3) is 2.46. The molecule has 0 aromatic carbocycles. The molecule has 1 heteroatoms. The van der Waals surface area contributed by atoms with Crippen molar-refractivity contribution in [2.45, 2.75) is 58.5 Å². The van der Waals surface area contributed by atoms with Crippen LogP contribution >= 0.6 is 0 Å². The molecule has 0 saturated heterocycles. The van der Waals surface area contributed by atoms with Crippen LogP contribution in [0, 0.1) is 17.8 Å². The van der Waals surface area contributed by atoms with E-state index in [0.29, 0.717) is 0 Å². The highest BCUT2D eigenvalue weighted by Crippen LogP contribution is 2.38. The monoisotopic (exact) mass is 181 g/mol. The number of hydrogen-bond acceptors (Lipinski definition) is 1. The SMILES string of the molecule is CC(C)C(NC(C)C1CC1)C1CC1. The summed E-state index contributed by atoms with van der Waals surface area (Å²) in [6.45, 7) is 7.08. The van der Waals surface area contributed by atoms with Gasteiger partial charge in [0.1, 0.15) is 0 Å². The second-order valence-corrected chi connectivity index (χ2v) is 5.40. The van der Waals surface area contributed by atoms with E-state index in [1.165, 1.54) is 25.7 Å². The first-order chi connectivity index (χ1) is 6.18. The Bertz CT molecular complexity index is 166. The van der Waals surface area contributed by atoms with E-state index in [9.17, 15) is 0 Å². The van der Waals surface area contributed by atoms with E-state index in [4.69, 9.17) is 0 Å². The topological polar surface area (TPSA) is 12.0 Å². The van der Waals surface area contributed by atoms with E-state index in [-0.39, 0.29) is 0 Å². The van der Waals surface area contributed by atoms with Crippen molar-refractivity contribution in [2.24, 2.45) is 17.8 Å². The van der Waals surface area contributed by atoms with E-state index in [1.807, 2.05) is 0 Å². The van der Waals surface area contributed by atoms with Crippen LogP contribution in [-0.4, -0.2) is 12.1 Å². The Morgan fingerprint density at radius 3 is 1.85 bits per heavy atom. The Morgan fingerprint density at radius 2 is 1.46 bits per heavy atom. The van der Waals surface area contributed by atoms with Gasteiger partial charge >= 0.3 is 0 Å². The highest BCUT2D eigenvalue weighted by atomic mass is 15.0. The molecule has 0 bridgehead atoms. The lowest BCUT2D eigenvalue weighted by atomic mass is 9.98. The molecular formula is C12H23N. The van der Waals surface area contributed by atoms with Crippen LogP contribution in [0.5, 0.6) is 0 Å². The third-order valence-corrected chi connectivity index (χ3v) is 3.63. The van der Waals surface area contributed by atoms with Crippen molar-refractivity contribution in [3.05, 3.63) is 0 Å². The first kappa shape index (κ1) is 9.51. The van der Waals surface area contributed by atoms with Crippen molar-refractivity contribution in [3.63, 3.8) is 0 Å². The smallest absolute Gasteiger partial charge is 0.0121 e. The van der Waals surface area contributed by atoms with Gasteiger partial charge in [0.25, 0.3) is 0 Å². The minimum absolute atomic E-state index is 0.771. The first-order valence-corrected chi connectivity index (χ1v) is 5.94. The van der Waals surface area contributed by atoms with Crippen molar-refractivity contribution >= 4 is 0 Å². The maximum absolute atomic E-state index is 3.84.